The number of carbonyl (C=O) groups excluding carboxylic acids is 1. The monoisotopic (exact) mass is 455 g/mol. The Hall–Kier alpha value is -1.34. The van der Waals surface area contributed by atoms with Gasteiger partial charge in [-0.05, 0) is 45.4 Å². The molecule has 2 aromatic rings. The minimum atomic E-state index is 0. The van der Waals surface area contributed by atoms with Crippen LogP contribution >= 0.6 is 24.8 Å². The number of benzene rings is 1. The van der Waals surface area contributed by atoms with Gasteiger partial charge in [-0.15, -0.1) is 24.8 Å². The maximum atomic E-state index is 12.5. The molecule has 2 aliphatic heterocycles. The Bertz CT molecular complexity index is 819. The van der Waals surface area contributed by atoms with Crippen molar-refractivity contribution in [2.24, 2.45) is 0 Å². The zero-order valence-corrected chi connectivity index (χ0v) is 19.7. The standard InChI is InChI=1S/C22H33N5O.2ClH/c1-17(2)27-20-8-4-3-7-19(20)24-22(27)18-6-5-12-25(16-18)13-9-21(28)26-14-10-23-11-15-26;;/h3-4,7-8,17-18,23H,5-6,9-16H2,1-2H3;2*1H. The topological polar surface area (TPSA) is 53.4 Å². The smallest absolute Gasteiger partial charge is 0.223 e. The highest BCUT2D eigenvalue weighted by Gasteiger charge is 2.27. The van der Waals surface area contributed by atoms with Gasteiger partial charge < -0.3 is 19.7 Å². The molecule has 1 aromatic carbocycles. The van der Waals surface area contributed by atoms with Gasteiger partial charge in [0.05, 0.1) is 11.0 Å². The number of nitrogens with one attached hydrogen (secondary N) is 1. The van der Waals surface area contributed by atoms with Gasteiger partial charge in [-0.25, -0.2) is 4.98 Å². The molecule has 30 heavy (non-hydrogen) atoms. The Morgan fingerprint density at radius 2 is 1.90 bits per heavy atom. The summed E-state index contributed by atoms with van der Waals surface area (Å²) in [6.45, 7) is 11.0. The molecule has 1 amide bonds. The number of para-hydroxylation sites is 2. The van der Waals surface area contributed by atoms with Crippen molar-refractivity contribution in [3.8, 4) is 0 Å². The Labute approximate surface area is 192 Å². The van der Waals surface area contributed by atoms with Crippen LogP contribution in [0.5, 0.6) is 0 Å². The highest BCUT2D eigenvalue weighted by atomic mass is 35.5. The van der Waals surface area contributed by atoms with Crippen LogP contribution in [0, 0.1) is 0 Å². The number of likely N-dealkylation sites (tertiary alicyclic amines) is 1. The van der Waals surface area contributed by atoms with Crippen LogP contribution in [0.3, 0.4) is 0 Å². The number of carbonyl (C=O) groups is 1. The maximum absolute atomic E-state index is 12.5. The van der Waals surface area contributed by atoms with E-state index in [-0.39, 0.29) is 24.8 Å². The Morgan fingerprint density at radius 1 is 1.17 bits per heavy atom. The van der Waals surface area contributed by atoms with Crippen molar-refractivity contribution in [2.45, 2.75) is 45.1 Å². The summed E-state index contributed by atoms with van der Waals surface area (Å²) in [7, 11) is 0. The molecule has 2 saturated heterocycles. The lowest BCUT2D eigenvalue weighted by Crippen LogP contribution is -2.47. The van der Waals surface area contributed by atoms with Crippen molar-refractivity contribution >= 4 is 41.8 Å². The first kappa shape index (κ1) is 24.9. The summed E-state index contributed by atoms with van der Waals surface area (Å²) >= 11 is 0. The molecule has 6 nitrogen and oxygen atoms in total. The second-order valence-electron chi connectivity index (χ2n) is 8.44. The zero-order chi connectivity index (χ0) is 19.5. The first-order valence-electron chi connectivity index (χ1n) is 10.8. The van der Waals surface area contributed by atoms with Crippen molar-refractivity contribution in [3.63, 3.8) is 0 Å². The summed E-state index contributed by atoms with van der Waals surface area (Å²) in [6.07, 6.45) is 2.99. The predicted octanol–water partition coefficient (Wildman–Crippen LogP) is 3.46. The van der Waals surface area contributed by atoms with E-state index in [2.05, 4.69) is 52.9 Å². The lowest BCUT2D eigenvalue weighted by Gasteiger charge is -2.34. The molecule has 1 N–H and O–H groups in total. The molecule has 0 saturated carbocycles. The largest absolute Gasteiger partial charge is 0.340 e. The SMILES string of the molecule is CC(C)n1c(C2CCCN(CCC(=O)N3CCNCC3)C2)nc2ccccc21.Cl.Cl. The van der Waals surface area contributed by atoms with Crippen molar-refractivity contribution in [1.82, 2.24) is 24.7 Å². The van der Waals surface area contributed by atoms with Crippen LogP contribution in [0.15, 0.2) is 24.3 Å². The maximum Gasteiger partial charge on any atom is 0.223 e. The predicted molar refractivity (Wildman–Crippen MR) is 127 cm³/mol. The number of fused-ring (bicyclic) bond motifs is 1. The normalized spacial score (nSPS) is 20.1. The van der Waals surface area contributed by atoms with Crippen molar-refractivity contribution in [3.05, 3.63) is 30.1 Å². The summed E-state index contributed by atoms with van der Waals surface area (Å²) in [5.74, 6) is 1.96. The van der Waals surface area contributed by atoms with Gasteiger partial charge in [0.2, 0.25) is 5.91 Å². The molecule has 3 heterocycles. The number of amides is 1. The molecule has 1 aromatic heterocycles. The van der Waals surface area contributed by atoms with E-state index < -0.39 is 0 Å². The number of piperidine rings is 1. The number of aromatic nitrogens is 2. The number of imidazole rings is 1. The van der Waals surface area contributed by atoms with E-state index in [1.54, 1.807) is 0 Å². The number of piperazine rings is 1. The summed E-state index contributed by atoms with van der Waals surface area (Å²) < 4.78 is 2.41. The number of hydrogen-bond acceptors (Lipinski definition) is 4. The molecule has 8 heteroatoms. The second kappa shape index (κ2) is 11.3. The van der Waals surface area contributed by atoms with E-state index in [9.17, 15) is 4.79 Å². The van der Waals surface area contributed by atoms with E-state index in [0.717, 1.165) is 51.3 Å². The van der Waals surface area contributed by atoms with Gasteiger partial charge in [0, 0.05) is 57.6 Å². The van der Waals surface area contributed by atoms with Crippen LogP contribution in [-0.2, 0) is 4.79 Å². The third-order valence-electron chi connectivity index (χ3n) is 6.12. The third-order valence-corrected chi connectivity index (χ3v) is 6.12. The quantitative estimate of drug-likeness (QED) is 0.749. The molecule has 4 rings (SSSR count). The van der Waals surface area contributed by atoms with E-state index in [4.69, 9.17) is 4.98 Å². The number of rotatable bonds is 5. The molecule has 0 radical (unpaired) electrons. The number of halogens is 2. The molecular formula is C22H35Cl2N5O. The van der Waals surface area contributed by atoms with Gasteiger partial charge in [0.25, 0.3) is 0 Å². The molecule has 2 fully saturated rings. The molecule has 0 spiro atoms. The lowest BCUT2D eigenvalue weighted by atomic mass is 9.96. The Balaban J connectivity index is 0.00000160. The molecule has 1 unspecified atom stereocenters. The van der Waals surface area contributed by atoms with E-state index in [0.29, 0.717) is 24.3 Å². The van der Waals surface area contributed by atoms with Crippen LogP contribution in [-0.4, -0.2) is 71.1 Å². The first-order chi connectivity index (χ1) is 13.6. The highest BCUT2D eigenvalue weighted by molar-refractivity contribution is 5.85. The van der Waals surface area contributed by atoms with Gasteiger partial charge >= 0.3 is 0 Å². The second-order valence-corrected chi connectivity index (χ2v) is 8.44. The molecule has 2 aliphatic rings. The molecule has 1 atom stereocenters. The van der Waals surface area contributed by atoms with Crippen LogP contribution in [0.25, 0.3) is 11.0 Å². The van der Waals surface area contributed by atoms with Crippen molar-refractivity contribution < 1.29 is 4.79 Å². The van der Waals surface area contributed by atoms with Gasteiger partial charge in [-0.1, -0.05) is 12.1 Å². The van der Waals surface area contributed by atoms with E-state index >= 15 is 0 Å². The highest BCUT2D eigenvalue weighted by Crippen LogP contribution is 2.31. The van der Waals surface area contributed by atoms with Gasteiger partial charge in [-0.2, -0.15) is 0 Å². The molecule has 0 aliphatic carbocycles. The van der Waals surface area contributed by atoms with Crippen LogP contribution in [0.2, 0.25) is 0 Å². The fourth-order valence-electron chi connectivity index (χ4n) is 4.69. The summed E-state index contributed by atoms with van der Waals surface area (Å²) in [5.41, 5.74) is 2.33. The lowest BCUT2D eigenvalue weighted by molar-refractivity contribution is -0.132. The van der Waals surface area contributed by atoms with Crippen LogP contribution in [0.4, 0.5) is 0 Å². The summed E-state index contributed by atoms with van der Waals surface area (Å²) in [4.78, 5) is 22.0. The average Bonchev–Trinajstić information content (AvgIpc) is 3.13. The summed E-state index contributed by atoms with van der Waals surface area (Å²) in [6, 6.07) is 8.86. The Morgan fingerprint density at radius 3 is 2.63 bits per heavy atom. The molecule has 168 valence electrons. The van der Waals surface area contributed by atoms with Crippen LogP contribution < -0.4 is 5.32 Å². The van der Waals surface area contributed by atoms with E-state index in [1.165, 1.54) is 24.2 Å². The fraction of sp³-hybridized carbons (Fsp3) is 0.636. The van der Waals surface area contributed by atoms with Gasteiger partial charge in [0.15, 0.2) is 0 Å². The minimum absolute atomic E-state index is 0. The van der Waals surface area contributed by atoms with Crippen molar-refractivity contribution in [1.29, 1.82) is 0 Å². The number of nitrogens with zero attached hydrogens (tertiary/aromatic N) is 4. The third kappa shape index (κ3) is 5.47. The van der Waals surface area contributed by atoms with Gasteiger partial charge in [-0.3, -0.25) is 4.79 Å². The molecular weight excluding hydrogens is 421 g/mol. The average molecular weight is 456 g/mol. The van der Waals surface area contributed by atoms with Gasteiger partial charge in [0.1, 0.15) is 5.82 Å². The fourth-order valence-corrected chi connectivity index (χ4v) is 4.69. The Kier molecular flexibility index (Phi) is 9.41. The minimum Gasteiger partial charge on any atom is -0.340 e. The summed E-state index contributed by atoms with van der Waals surface area (Å²) in [5, 5.41) is 3.31. The van der Waals surface area contributed by atoms with E-state index in [1.807, 2.05) is 4.90 Å². The van der Waals surface area contributed by atoms with Crippen molar-refractivity contribution in [2.75, 3.05) is 45.8 Å². The number of hydrogen-bond donors (Lipinski definition) is 1. The zero-order valence-electron chi connectivity index (χ0n) is 18.0. The van der Waals surface area contributed by atoms with Crippen LogP contribution in [0.1, 0.15) is 50.9 Å². The molecule has 0 bridgehead atoms. The first-order valence-corrected chi connectivity index (χ1v) is 10.8.